The van der Waals surface area contributed by atoms with Gasteiger partial charge in [0.25, 0.3) is 0 Å². The number of aromatic nitrogens is 1. The van der Waals surface area contributed by atoms with E-state index in [1.54, 1.807) is 11.3 Å². The number of aryl methyl sites for hydroxylation is 1. The van der Waals surface area contributed by atoms with Crippen molar-refractivity contribution in [1.82, 2.24) is 10.3 Å². The molecule has 2 heterocycles. The van der Waals surface area contributed by atoms with Gasteiger partial charge in [-0.3, -0.25) is 0 Å². The molecule has 3 nitrogen and oxygen atoms in total. The SMILES string of the molecule is Cc1nc2ccc(NCC3CCCNC3)cc2s1. The van der Waals surface area contributed by atoms with Gasteiger partial charge in [0.15, 0.2) is 0 Å². The molecular weight excluding hydrogens is 242 g/mol. The van der Waals surface area contributed by atoms with Crippen LogP contribution in [0.3, 0.4) is 0 Å². The zero-order chi connectivity index (χ0) is 12.4. The Morgan fingerprint density at radius 3 is 3.28 bits per heavy atom. The summed E-state index contributed by atoms with van der Waals surface area (Å²) in [4.78, 5) is 4.48. The minimum atomic E-state index is 0.762. The van der Waals surface area contributed by atoms with Crippen molar-refractivity contribution in [2.75, 3.05) is 25.0 Å². The fourth-order valence-electron chi connectivity index (χ4n) is 2.51. The van der Waals surface area contributed by atoms with Crippen LogP contribution in [0.25, 0.3) is 10.2 Å². The summed E-state index contributed by atoms with van der Waals surface area (Å²) >= 11 is 1.76. The molecule has 3 rings (SSSR count). The summed E-state index contributed by atoms with van der Waals surface area (Å²) in [6, 6.07) is 6.47. The van der Waals surface area contributed by atoms with Gasteiger partial charge >= 0.3 is 0 Å². The van der Waals surface area contributed by atoms with Gasteiger partial charge in [-0.1, -0.05) is 0 Å². The number of nitrogens with zero attached hydrogens (tertiary/aromatic N) is 1. The molecular formula is C14H19N3S. The van der Waals surface area contributed by atoms with Crippen LogP contribution >= 0.6 is 11.3 Å². The van der Waals surface area contributed by atoms with Crippen molar-refractivity contribution in [3.8, 4) is 0 Å². The van der Waals surface area contributed by atoms with Crippen LogP contribution in [0.1, 0.15) is 17.8 Å². The average molecular weight is 261 g/mol. The second kappa shape index (κ2) is 5.24. The van der Waals surface area contributed by atoms with E-state index in [-0.39, 0.29) is 0 Å². The fraction of sp³-hybridized carbons (Fsp3) is 0.500. The summed E-state index contributed by atoms with van der Waals surface area (Å²) < 4.78 is 1.28. The summed E-state index contributed by atoms with van der Waals surface area (Å²) in [5.41, 5.74) is 2.33. The van der Waals surface area contributed by atoms with Crippen LogP contribution in [0.4, 0.5) is 5.69 Å². The second-order valence-electron chi connectivity index (χ2n) is 5.01. The lowest BCUT2D eigenvalue weighted by Gasteiger charge is -2.23. The van der Waals surface area contributed by atoms with E-state index in [1.807, 2.05) is 0 Å². The van der Waals surface area contributed by atoms with Crippen LogP contribution in [0, 0.1) is 12.8 Å². The first-order chi connectivity index (χ1) is 8.81. The highest BCUT2D eigenvalue weighted by atomic mass is 32.1. The number of hydrogen-bond acceptors (Lipinski definition) is 4. The van der Waals surface area contributed by atoms with E-state index >= 15 is 0 Å². The zero-order valence-corrected chi connectivity index (χ0v) is 11.5. The molecule has 1 atom stereocenters. The quantitative estimate of drug-likeness (QED) is 0.892. The predicted octanol–water partition coefficient (Wildman–Crippen LogP) is 3.02. The van der Waals surface area contributed by atoms with Crippen molar-refractivity contribution >= 4 is 27.2 Å². The second-order valence-corrected chi connectivity index (χ2v) is 6.24. The Hall–Kier alpha value is -1.13. The van der Waals surface area contributed by atoms with Gasteiger partial charge in [0.2, 0.25) is 0 Å². The van der Waals surface area contributed by atoms with E-state index in [2.05, 4.69) is 40.7 Å². The molecule has 2 N–H and O–H groups in total. The third-order valence-electron chi connectivity index (χ3n) is 3.49. The first kappa shape index (κ1) is 11.9. The van der Waals surface area contributed by atoms with Crippen LogP contribution in [-0.2, 0) is 0 Å². The summed E-state index contributed by atoms with van der Waals surface area (Å²) in [6.45, 7) is 5.46. The summed E-state index contributed by atoms with van der Waals surface area (Å²) in [7, 11) is 0. The van der Waals surface area contributed by atoms with Gasteiger partial charge in [0, 0.05) is 12.2 Å². The molecule has 1 aliphatic heterocycles. The number of benzene rings is 1. The number of piperidine rings is 1. The monoisotopic (exact) mass is 261 g/mol. The fourth-order valence-corrected chi connectivity index (χ4v) is 3.38. The molecule has 1 aromatic heterocycles. The molecule has 0 amide bonds. The van der Waals surface area contributed by atoms with Crippen LogP contribution in [0.5, 0.6) is 0 Å². The average Bonchev–Trinajstić information content (AvgIpc) is 2.77. The lowest BCUT2D eigenvalue weighted by molar-refractivity contribution is 0.393. The summed E-state index contributed by atoms with van der Waals surface area (Å²) in [5, 5.41) is 8.15. The molecule has 0 bridgehead atoms. The molecule has 18 heavy (non-hydrogen) atoms. The topological polar surface area (TPSA) is 37.0 Å². The van der Waals surface area contributed by atoms with Crippen molar-refractivity contribution in [2.45, 2.75) is 19.8 Å². The van der Waals surface area contributed by atoms with Gasteiger partial charge in [-0.2, -0.15) is 0 Å². The van der Waals surface area contributed by atoms with Crippen molar-refractivity contribution < 1.29 is 0 Å². The molecule has 1 aliphatic rings. The molecule has 2 aromatic rings. The van der Waals surface area contributed by atoms with E-state index in [4.69, 9.17) is 0 Å². The van der Waals surface area contributed by atoms with E-state index < -0.39 is 0 Å². The predicted molar refractivity (Wildman–Crippen MR) is 78.4 cm³/mol. The van der Waals surface area contributed by atoms with E-state index in [0.29, 0.717) is 0 Å². The lowest BCUT2D eigenvalue weighted by atomic mass is 10.00. The highest BCUT2D eigenvalue weighted by Gasteiger charge is 2.12. The Labute approximate surface area is 112 Å². The highest BCUT2D eigenvalue weighted by Crippen LogP contribution is 2.25. The maximum atomic E-state index is 4.48. The molecule has 0 saturated carbocycles. The number of nitrogens with one attached hydrogen (secondary N) is 2. The first-order valence-electron chi connectivity index (χ1n) is 6.63. The van der Waals surface area contributed by atoms with Gasteiger partial charge in [-0.05, 0) is 57.0 Å². The van der Waals surface area contributed by atoms with E-state index in [9.17, 15) is 0 Å². The number of fused-ring (bicyclic) bond motifs is 1. The Morgan fingerprint density at radius 1 is 1.50 bits per heavy atom. The van der Waals surface area contributed by atoms with Crippen LogP contribution < -0.4 is 10.6 Å². The molecule has 0 spiro atoms. The first-order valence-corrected chi connectivity index (χ1v) is 7.45. The van der Waals surface area contributed by atoms with Gasteiger partial charge < -0.3 is 10.6 Å². The van der Waals surface area contributed by atoms with Gasteiger partial charge in [0.05, 0.1) is 15.2 Å². The highest BCUT2D eigenvalue weighted by molar-refractivity contribution is 7.18. The molecule has 0 aliphatic carbocycles. The molecule has 96 valence electrons. The van der Waals surface area contributed by atoms with Gasteiger partial charge in [0.1, 0.15) is 0 Å². The van der Waals surface area contributed by atoms with Crippen LogP contribution in [-0.4, -0.2) is 24.6 Å². The molecule has 1 saturated heterocycles. The Bertz CT molecular complexity index is 529. The standard InChI is InChI=1S/C14H19N3S/c1-10-17-13-5-4-12(7-14(13)18-10)16-9-11-3-2-6-15-8-11/h4-5,7,11,15-16H,2-3,6,8-9H2,1H3. The third kappa shape index (κ3) is 2.65. The molecule has 1 unspecified atom stereocenters. The Morgan fingerprint density at radius 2 is 2.44 bits per heavy atom. The number of hydrogen-bond donors (Lipinski definition) is 2. The largest absolute Gasteiger partial charge is 0.385 e. The summed E-state index contributed by atoms with van der Waals surface area (Å²) in [5.74, 6) is 0.762. The molecule has 1 fully saturated rings. The number of thiazole rings is 1. The maximum Gasteiger partial charge on any atom is 0.0907 e. The van der Waals surface area contributed by atoms with Crippen molar-refractivity contribution in [3.05, 3.63) is 23.2 Å². The molecule has 4 heteroatoms. The van der Waals surface area contributed by atoms with E-state index in [0.717, 1.165) is 29.5 Å². The number of anilines is 1. The summed E-state index contributed by atoms with van der Waals surface area (Å²) in [6.07, 6.45) is 2.64. The van der Waals surface area contributed by atoms with E-state index in [1.165, 1.54) is 29.8 Å². The van der Waals surface area contributed by atoms with Crippen molar-refractivity contribution in [2.24, 2.45) is 5.92 Å². The van der Waals surface area contributed by atoms with Gasteiger partial charge in [-0.15, -0.1) is 11.3 Å². The normalized spacial score (nSPS) is 20.2. The smallest absolute Gasteiger partial charge is 0.0907 e. The van der Waals surface area contributed by atoms with Crippen LogP contribution in [0.15, 0.2) is 18.2 Å². The Balaban J connectivity index is 1.66. The molecule has 0 radical (unpaired) electrons. The Kier molecular flexibility index (Phi) is 3.48. The maximum absolute atomic E-state index is 4.48. The lowest BCUT2D eigenvalue weighted by Crippen LogP contribution is -2.33. The van der Waals surface area contributed by atoms with Gasteiger partial charge in [-0.25, -0.2) is 4.98 Å². The minimum absolute atomic E-state index is 0.762. The molecule has 1 aromatic carbocycles. The van der Waals surface area contributed by atoms with Crippen molar-refractivity contribution in [1.29, 1.82) is 0 Å². The van der Waals surface area contributed by atoms with Crippen LogP contribution in [0.2, 0.25) is 0 Å². The minimum Gasteiger partial charge on any atom is -0.385 e. The number of rotatable bonds is 3. The zero-order valence-electron chi connectivity index (χ0n) is 10.7. The van der Waals surface area contributed by atoms with Crippen molar-refractivity contribution in [3.63, 3.8) is 0 Å². The third-order valence-corrected chi connectivity index (χ3v) is 4.42.